The summed E-state index contributed by atoms with van der Waals surface area (Å²) in [6.07, 6.45) is 26.8. The number of ether oxygens (including phenoxy) is 2. The summed E-state index contributed by atoms with van der Waals surface area (Å²) in [6, 6.07) is 70.1. The molecule has 0 saturated heterocycles. The second kappa shape index (κ2) is 40.3. The van der Waals surface area contributed by atoms with Gasteiger partial charge in [-0.25, -0.2) is 0 Å². The summed E-state index contributed by atoms with van der Waals surface area (Å²) in [6.45, 7) is 14.2. The minimum atomic E-state index is -0.757. The zero-order valence-corrected chi connectivity index (χ0v) is 69.5. The lowest BCUT2D eigenvalue weighted by atomic mass is 9.81. The van der Waals surface area contributed by atoms with Crippen molar-refractivity contribution in [1.29, 1.82) is 0 Å². The van der Waals surface area contributed by atoms with Crippen molar-refractivity contribution in [3.63, 3.8) is 0 Å². The maximum absolute atomic E-state index is 14.2. The first-order valence-corrected chi connectivity index (χ1v) is 41.3. The number of esters is 2. The molecule has 2 aliphatic heterocycles. The molecule has 0 unspecified atom stereocenters. The van der Waals surface area contributed by atoms with Crippen molar-refractivity contribution in [2.45, 2.75) is 129 Å². The van der Waals surface area contributed by atoms with Crippen molar-refractivity contribution in [3.8, 4) is 11.5 Å². The zero-order chi connectivity index (χ0) is 83.9. The number of benzene rings is 4. The van der Waals surface area contributed by atoms with Crippen molar-refractivity contribution < 1.29 is 33.9 Å². The van der Waals surface area contributed by atoms with Gasteiger partial charge in [0.25, 0.3) is 0 Å². The molecule has 0 spiro atoms. The molecule has 4 N–H and O–H groups in total. The van der Waals surface area contributed by atoms with Gasteiger partial charge in [-0.15, -0.1) is 0 Å². The number of anilines is 5. The number of carbonyl (C=O) groups excluding carboxylic acids is 2. The first kappa shape index (κ1) is 83.9. The molecule has 10 heterocycles. The maximum Gasteiger partial charge on any atom is 0.323 e. The van der Waals surface area contributed by atoms with Crippen LogP contribution in [0.4, 0.5) is 34.1 Å². The Labute approximate surface area is 709 Å². The predicted octanol–water partition coefficient (Wildman–Crippen LogP) is 15.8. The van der Waals surface area contributed by atoms with Crippen LogP contribution < -0.4 is 35.1 Å². The molecule has 8 aromatic heterocycles. The van der Waals surface area contributed by atoms with Gasteiger partial charge in [-0.2, -0.15) is 4.58 Å². The number of aromatic hydroxyl groups is 2. The summed E-state index contributed by atoms with van der Waals surface area (Å²) in [7, 11) is 2.85. The molecule has 14 rings (SSSR count). The molecular weight excluding hydrogens is 1510 g/mol. The van der Waals surface area contributed by atoms with Crippen molar-refractivity contribution in [2.75, 3.05) is 64.9 Å². The van der Waals surface area contributed by atoms with E-state index >= 15 is 0 Å². The number of nitrogens with one attached hydrogen (secondary N) is 2. The van der Waals surface area contributed by atoms with Gasteiger partial charge in [0.2, 0.25) is 5.69 Å². The highest BCUT2D eigenvalue weighted by atomic mass is 16.5. The van der Waals surface area contributed by atoms with E-state index < -0.39 is 24.0 Å². The van der Waals surface area contributed by atoms with Crippen LogP contribution in [-0.2, 0) is 95.1 Å². The lowest BCUT2D eigenvalue weighted by Crippen LogP contribution is -2.41. The molecule has 4 aromatic carbocycles. The highest BCUT2D eigenvalue weighted by molar-refractivity contribution is 6.03. The number of pyridine rings is 8. The molecule has 0 radical (unpaired) electrons. The molecule has 0 aliphatic carbocycles. The van der Waals surface area contributed by atoms with Gasteiger partial charge in [0, 0.05) is 104 Å². The number of phenols is 2. The summed E-state index contributed by atoms with van der Waals surface area (Å²) in [5.74, 6) is -0.697. The van der Waals surface area contributed by atoms with Crippen LogP contribution in [0.15, 0.2) is 304 Å². The molecule has 121 heavy (non-hydrogen) atoms. The van der Waals surface area contributed by atoms with Crippen LogP contribution in [0.3, 0.4) is 0 Å². The molecule has 616 valence electrons. The van der Waals surface area contributed by atoms with Gasteiger partial charge in [0.05, 0.1) is 140 Å². The summed E-state index contributed by atoms with van der Waals surface area (Å²) in [5.41, 5.74) is 16.5. The Morgan fingerprint density at radius 1 is 0.421 bits per heavy atom. The van der Waals surface area contributed by atoms with E-state index in [-0.39, 0.29) is 35.2 Å². The van der Waals surface area contributed by atoms with Crippen LogP contribution >= 0.6 is 0 Å². The van der Waals surface area contributed by atoms with Gasteiger partial charge in [-0.3, -0.25) is 49.5 Å². The standard InChI is InChI=1S/C99H104N16O6/c1-98(2)82-40-10-12-42-86(82)114(56-30-54-108-84(96(118)120-5)58-72-60-88(110(64-74-32-14-22-46-100-74)65-75-33-15-23-47-101-75)94(116)89(61-72)111(66-76-34-16-24-48-102-76)67-77-35-17-25-49-103-77)92(98)44-8-7-9-45-93-99(3,4)83-41-11-13-43-87(83)115(93)57-31-55-109-85(97(119)121-6)59-73-62-90(112(68-78-36-18-26-50-104-78)69-79-37-19-27-51-105-79)95(117)91(63-73)113(70-80-38-20-28-52-106-80)71-81-39-21-29-53-107-81/h7-29,32-53,60-63,84-85,108-109H,30-31,54-59,64-71H2,1-6H3,(H-,116,117)/p+1/t84-,85-/m0/s1. The van der Waals surface area contributed by atoms with Crippen molar-refractivity contribution in [3.05, 3.63) is 372 Å². The Bertz CT molecular complexity index is 5160. The monoisotopic (exact) mass is 1610 g/mol. The number of carbonyl (C=O) groups is 2. The van der Waals surface area contributed by atoms with E-state index in [0.29, 0.717) is 114 Å². The summed E-state index contributed by atoms with van der Waals surface area (Å²) >= 11 is 0. The number of phenolic OH excluding ortho intramolecular Hbond substituents is 2. The van der Waals surface area contributed by atoms with E-state index in [4.69, 9.17) is 49.3 Å². The smallest absolute Gasteiger partial charge is 0.323 e. The highest BCUT2D eigenvalue weighted by Crippen LogP contribution is 2.49. The largest absolute Gasteiger partial charge is 0.504 e. The van der Waals surface area contributed by atoms with Crippen LogP contribution in [0.5, 0.6) is 11.5 Å². The average molecular weight is 1620 g/mol. The lowest BCUT2D eigenvalue weighted by Gasteiger charge is -2.31. The quantitative estimate of drug-likeness (QED) is 0.0121. The number of hydrogen-bond acceptors (Lipinski definition) is 21. The van der Waals surface area contributed by atoms with E-state index in [0.717, 1.165) is 79.5 Å². The maximum atomic E-state index is 14.2. The van der Waals surface area contributed by atoms with Crippen LogP contribution in [0.2, 0.25) is 0 Å². The zero-order valence-electron chi connectivity index (χ0n) is 69.5. The fourth-order valence-corrected chi connectivity index (χ4v) is 16.3. The molecular formula is C99H105N16O6+. The molecule has 0 fully saturated rings. The van der Waals surface area contributed by atoms with Gasteiger partial charge in [-0.1, -0.05) is 117 Å². The number of nitrogens with zero attached hydrogens (tertiary/aromatic N) is 14. The number of hydrogen-bond donors (Lipinski definition) is 4. The normalized spacial score (nSPS) is 14.1. The van der Waals surface area contributed by atoms with E-state index in [1.54, 1.807) is 49.6 Å². The van der Waals surface area contributed by atoms with Gasteiger partial charge in [0.1, 0.15) is 12.1 Å². The Hall–Kier alpha value is -13.6. The number of methoxy groups -OCH3 is 2. The first-order chi connectivity index (χ1) is 59.1. The topological polar surface area (TPSA) is 239 Å². The Morgan fingerprint density at radius 3 is 1.10 bits per heavy atom. The van der Waals surface area contributed by atoms with Crippen LogP contribution in [-0.4, -0.2) is 125 Å². The Balaban J connectivity index is 0.699. The molecule has 22 nitrogen and oxygen atoms in total. The average Bonchev–Trinajstić information content (AvgIpc) is 1.61. The third kappa shape index (κ3) is 21.1. The van der Waals surface area contributed by atoms with Gasteiger partial charge < -0.3 is 54.8 Å². The SMILES string of the molecule is COC(=O)[C@H](Cc1cc(N(Cc2ccccn2)Cc2ccccn2)c(O)c(N(Cc2ccccn2)Cc2ccccn2)c1)NCCCN1C(=CC=CC=CC2=[N+](CCCN[C@@H](Cc3cc(N(Cc4ccccn4)Cc4ccccn4)c(O)c(N(Cc4ccccn4)Cc4ccccn4)c3)C(=O)OC)c3ccccc3C2(C)C)C(C)(C)c2ccccc21. The second-order valence-corrected chi connectivity index (χ2v) is 31.4. The number of allylic oxidation sites excluding steroid dienone is 6. The molecule has 0 bridgehead atoms. The van der Waals surface area contributed by atoms with Crippen LogP contribution in [0.1, 0.15) is 108 Å². The summed E-state index contributed by atoms with van der Waals surface area (Å²) in [5, 5.41) is 33.0. The molecule has 0 saturated carbocycles. The van der Waals surface area contributed by atoms with E-state index in [1.165, 1.54) is 25.3 Å². The van der Waals surface area contributed by atoms with Gasteiger partial charge in [0.15, 0.2) is 23.8 Å². The lowest BCUT2D eigenvalue weighted by molar-refractivity contribution is -0.438. The van der Waals surface area contributed by atoms with E-state index in [1.807, 2.05) is 170 Å². The van der Waals surface area contributed by atoms with Crippen molar-refractivity contribution in [2.24, 2.45) is 0 Å². The molecule has 0 amide bonds. The first-order valence-electron chi connectivity index (χ1n) is 41.3. The second-order valence-electron chi connectivity index (χ2n) is 31.4. The minimum absolute atomic E-state index is 0.0565. The highest BCUT2D eigenvalue weighted by Gasteiger charge is 2.44. The van der Waals surface area contributed by atoms with Gasteiger partial charge >= 0.3 is 11.9 Å². The molecule has 2 atom stereocenters. The van der Waals surface area contributed by atoms with Crippen molar-refractivity contribution >= 4 is 51.8 Å². The third-order valence-electron chi connectivity index (χ3n) is 22.3. The Kier molecular flexibility index (Phi) is 27.9. The fourth-order valence-electron chi connectivity index (χ4n) is 16.3. The van der Waals surface area contributed by atoms with Crippen LogP contribution in [0, 0.1) is 0 Å². The van der Waals surface area contributed by atoms with Crippen LogP contribution in [0.25, 0.3) is 0 Å². The van der Waals surface area contributed by atoms with Crippen molar-refractivity contribution in [1.82, 2.24) is 50.5 Å². The number of fused-ring (bicyclic) bond motifs is 2. The number of aromatic nitrogens is 8. The van der Waals surface area contributed by atoms with E-state index in [9.17, 15) is 19.8 Å². The predicted molar refractivity (Wildman–Crippen MR) is 476 cm³/mol. The molecule has 12 aromatic rings. The molecule has 22 heteroatoms. The summed E-state index contributed by atoms with van der Waals surface area (Å²) in [4.78, 5) is 76.9. The minimum Gasteiger partial charge on any atom is -0.504 e. The number of para-hydroxylation sites is 2. The Morgan fingerprint density at radius 2 is 0.752 bits per heavy atom. The van der Waals surface area contributed by atoms with Gasteiger partial charge in [-0.05, 0) is 190 Å². The van der Waals surface area contributed by atoms with E-state index in [2.05, 4.69) is 146 Å². The molecule has 2 aliphatic rings. The summed E-state index contributed by atoms with van der Waals surface area (Å²) < 4.78 is 13.6. The number of rotatable bonds is 39. The third-order valence-corrected chi connectivity index (χ3v) is 22.3. The fraction of sp³-hybridized carbons (Fsp3) is 0.263.